The van der Waals surface area contributed by atoms with Crippen molar-refractivity contribution in [3.05, 3.63) is 16.4 Å². The molecule has 0 fully saturated rings. The zero-order valence-electron chi connectivity index (χ0n) is 12.5. The highest BCUT2D eigenvalue weighted by molar-refractivity contribution is 6.31. The van der Waals surface area contributed by atoms with Crippen LogP contribution in [0.5, 0.6) is 0 Å². The Kier molecular flexibility index (Phi) is 7.42. The van der Waals surface area contributed by atoms with Gasteiger partial charge in [0.15, 0.2) is 0 Å². The first-order chi connectivity index (χ1) is 9.13. The SMILES string of the molecule is CCNC(CCCOC)Cc1c(Cl)c(C)nn1CC. The summed E-state index contributed by atoms with van der Waals surface area (Å²) in [5.74, 6) is 0. The van der Waals surface area contributed by atoms with Crippen LogP contribution < -0.4 is 5.32 Å². The zero-order chi connectivity index (χ0) is 14.3. The molecule has 110 valence electrons. The number of halogens is 1. The number of hydrogen-bond donors (Lipinski definition) is 1. The van der Waals surface area contributed by atoms with Gasteiger partial charge in [-0.25, -0.2) is 0 Å². The first-order valence-electron chi connectivity index (χ1n) is 7.08. The first-order valence-corrected chi connectivity index (χ1v) is 7.45. The van der Waals surface area contributed by atoms with E-state index < -0.39 is 0 Å². The maximum absolute atomic E-state index is 6.36. The molecule has 1 unspecified atom stereocenters. The van der Waals surface area contributed by atoms with Crippen LogP contribution in [-0.4, -0.2) is 36.1 Å². The molecule has 1 heterocycles. The van der Waals surface area contributed by atoms with Crippen LogP contribution in [0.15, 0.2) is 0 Å². The summed E-state index contributed by atoms with van der Waals surface area (Å²) < 4.78 is 7.13. The first kappa shape index (κ1) is 16.5. The van der Waals surface area contributed by atoms with Crippen LogP contribution in [0.4, 0.5) is 0 Å². The Morgan fingerprint density at radius 3 is 2.74 bits per heavy atom. The van der Waals surface area contributed by atoms with Crippen molar-refractivity contribution >= 4 is 11.6 Å². The summed E-state index contributed by atoms with van der Waals surface area (Å²) in [5.41, 5.74) is 2.07. The van der Waals surface area contributed by atoms with E-state index in [1.807, 2.05) is 11.6 Å². The second-order valence-electron chi connectivity index (χ2n) is 4.76. The summed E-state index contributed by atoms with van der Waals surface area (Å²) in [6.45, 7) is 8.83. The van der Waals surface area contributed by atoms with Crippen LogP contribution in [0.1, 0.15) is 38.1 Å². The Morgan fingerprint density at radius 2 is 2.16 bits per heavy atom. The van der Waals surface area contributed by atoms with Gasteiger partial charge in [-0.15, -0.1) is 0 Å². The fraction of sp³-hybridized carbons (Fsp3) is 0.786. The molecular weight excluding hydrogens is 262 g/mol. The molecule has 1 aromatic heterocycles. The molecule has 0 saturated carbocycles. The number of hydrogen-bond acceptors (Lipinski definition) is 3. The van der Waals surface area contributed by atoms with Crippen LogP contribution in [0.3, 0.4) is 0 Å². The summed E-state index contributed by atoms with van der Waals surface area (Å²) >= 11 is 6.36. The van der Waals surface area contributed by atoms with Gasteiger partial charge in [0.25, 0.3) is 0 Å². The molecule has 0 radical (unpaired) electrons. The second kappa shape index (κ2) is 8.56. The zero-order valence-corrected chi connectivity index (χ0v) is 13.3. The predicted octanol–water partition coefficient (Wildman–Crippen LogP) is 2.81. The Hall–Kier alpha value is -0.580. The van der Waals surface area contributed by atoms with Crippen LogP contribution >= 0.6 is 11.6 Å². The van der Waals surface area contributed by atoms with Crippen LogP contribution in [0.2, 0.25) is 5.02 Å². The summed E-state index contributed by atoms with van der Waals surface area (Å²) in [6.07, 6.45) is 3.07. The number of aromatic nitrogens is 2. The molecular formula is C14H26ClN3O. The van der Waals surface area contributed by atoms with Gasteiger partial charge in [-0.1, -0.05) is 18.5 Å². The maximum Gasteiger partial charge on any atom is 0.0847 e. The van der Waals surface area contributed by atoms with Gasteiger partial charge in [0.1, 0.15) is 0 Å². The Bertz CT molecular complexity index is 379. The van der Waals surface area contributed by atoms with E-state index in [0.29, 0.717) is 6.04 Å². The lowest BCUT2D eigenvalue weighted by Crippen LogP contribution is -2.32. The van der Waals surface area contributed by atoms with E-state index in [9.17, 15) is 0 Å². The Morgan fingerprint density at radius 1 is 1.42 bits per heavy atom. The Balaban J connectivity index is 2.72. The summed E-state index contributed by atoms with van der Waals surface area (Å²) in [7, 11) is 1.74. The van der Waals surface area contributed by atoms with Crippen molar-refractivity contribution in [1.29, 1.82) is 0 Å². The number of aryl methyl sites for hydroxylation is 2. The molecule has 0 aliphatic rings. The van der Waals surface area contributed by atoms with Crippen LogP contribution in [0.25, 0.3) is 0 Å². The van der Waals surface area contributed by atoms with Gasteiger partial charge < -0.3 is 10.1 Å². The van der Waals surface area contributed by atoms with E-state index in [1.54, 1.807) is 7.11 Å². The lowest BCUT2D eigenvalue weighted by atomic mass is 10.1. The van der Waals surface area contributed by atoms with Gasteiger partial charge in [-0.2, -0.15) is 5.10 Å². The number of rotatable bonds is 9. The smallest absolute Gasteiger partial charge is 0.0847 e. The van der Waals surface area contributed by atoms with Crippen LogP contribution in [0, 0.1) is 6.92 Å². The maximum atomic E-state index is 6.36. The van der Waals surface area contributed by atoms with Crippen molar-refractivity contribution in [3.8, 4) is 0 Å². The van der Waals surface area contributed by atoms with Gasteiger partial charge in [0.2, 0.25) is 0 Å². The highest BCUT2D eigenvalue weighted by Gasteiger charge is 2.17. The molecule has 0 amide bonds. The second-order valence-corrected chi connectivity index (χ2v) is 5.13. The van der Waals surface area contributed by atoms with Crippen molar-refractivity contribution in [3.63, 3.8) is 0 Å². The van der Waals surface area contributed by atoms with Crippen molar-refractivity contribution in [1.82, 2.24) is 15.1 Å². The summed E-state index contributed by atoms with van der Waals surface area (Å²) in [6, 6.07) is 0.430. The minimum absolute atomic E-state index is 0.430. The number of methoxy groups -OCH3 is 1. The number of nitrogens with one attached hydrogen (secondary N) is 1. The van der Waals surface area contributed by atoms with E-state index in [0.717, 1.165) is 55.4 Å². The summed E-state index contributed by atoms with van der Waals surface area (Å²) in [5, 5.41) is 8.81. The molecule has 0 bridgehead atoms. The standard InChI is InChI=1S/C14H26ClN3O/c1-5-16-12(8-7-9-19-4)10-13-14(15)11(3)17-18(13)6-2/h12,16H,5-10H2,1-4H3. The molecule has 0 spiro atoms. The fourth-order valence-electron chi connectivity index (χ4n) is 2.34. The van der Waals surface area contributed by atoms with E-state index in [1.165, 1.54) is 0 Å². The molecule has 0 aromatic carbocycles. The summed E-state index contributed by atoms with van der Waals surface area (Å²) in [4.78, 5) is 0. The molecule has 0 saturated heterocycles. The highest BCUT2D eigenvalue weighted by atomic mass is 35.5. The lowest BCUT2D eigenvalue weighted by molar-refractivity contribution is 0.188. The lowest BCUT2D eigenvalue weighted by Gasteiger charge is -2.18. The topological polar surface area (TPSA) is 39.1 Å². The van der Waals surface area contributed by atoms with E-state index >= 15 is 0 Å². The number of nitrogens with zero attached hydrogens (tertiary/aromatic N) is 2. The predicted molar refractivity (Wildman–Crippen MR) is 79.9 cm³/mol. The Labute approximate surface area is 121 Å². The number of ether oxygens (including phenoxy) is 1. The molecule has 1 atom stereocenters. The quantitative estimate of drug-likeness (QED) is 0.710. The molecule has 0 aliphatic heterocycles. The van der Waals surface area contributed by atoms with Crippen molar-refractivity contribution in [2.24, 2.45) is 0 Å². The van der Waals surface area contributed by atoms with Crippen LogP contribution in [-0.2, 0) is 17.7 Å². The minimum atomic E-state index is 0.430. The third-order valence-corrected chi connectivity index (χ3v) is 3.78. The largest absolute Gasteiger partial charge is 0.385 e. The molecule has 0 aliphatic carbocycles. The monoisotopic (exact) mass is 287 g/mol. The normalized spacial score (nSPS) is 12.9. The van der Waals surface area contributed by atoms with Crippen molar-refractivity contribution < 1.29 is 4.74 Å². The third-order valence-electron chi connectivity index (χ3n) is 3.29. The molecule has 1 aromatic rings. The third kappa shape index (κ3) is 4.79. The minimum Gasteiger partial charge on any atom is -0.385 e. The molecule has 1 N–H and O–H groups in total. The fourth-order valence-corrected chi connectivity index (χ4v) is 2.55. The van der Waals surface area contributed by atoms with Gasteiger partial charge in [0, 0.05) is 32.7 Å². The van der Waals surface area contributed by atoms with Crippen molar-refractivity contribution in [2.45, 2.75) is 52.6 Å². The molecule has 19 heavy (non-hydrogen) atoms. The van der Waals surface area contributed by atoms with E-state index in [4.69, 9.17) is 16.3 Å². The average Bonchev–Trinajstić information content (AvgIpc) is 2.67. The van der Waals surface area contributed by atoms with Crippen molar-refractivity contribution in [2.75, 3.05) is 20.3 Å². The molecule has 4 nitrogen and oxygen atoms in total. The molecule has 5 heteroatoms. The van der Waals surface area contributed by atoms with Gasteiger partial charge >= 0.3 is 0 Å². The average molecular weight is 288 g/mol. The number of likely N-dealkylation sites (N-methyl/N-ethyl adjacent to an activating group) is 1. The highest BCUT2D eigenvalue weighted by Crippen LogP contribution is 2.22. The molecule has 1 rings (SSSR count). The van der Waals surface area contributed by atoms with Gasteiger partial charge in [-0.05, 0) is 33.2 Å². The van der Waals surface area contributed by atoms with E-state index in [-0.39, 0.29) is 0 Å². The van der Waals surface area contributed by atoms with Gasteiger partial charge in [-0.3, -0.25) is 4.68 Å². The van der Waals surface area contributed by atoms with E-state index in [2.05, 4.69) is 24.3 Å². The van der Waals surface area contributed by atoms with Gasteiger partial charge in [0.05, 0.1) is 16.4 Å².